The van der Waals surface area contributed by atoms with Crippen LogP contribution in [0.4, 0.5) is 14.6 Å². The minimum Gasteiger partial charge on any atom is -0.507 e. The Morgan fingerprint density at radius 3 is 2.68 bits per heavy atom. The van der Waals surface area contributed by atoms with E-state index in [1.54, 1.807) is 17.0 Å². The van der Waals surface area contributed by atoms with E-state index in [0.29, 0.717) is 41.5 Å². The van der Waals surface area contributed by atoms with Gasteiger partial charge in [0.05, 0.1) is 18.1 Å². The average Bonchev–Trinajstić information content (AvgIpc) is 3.63. The molecule has 3 atom stereocenters. The highest BCUT2D eigenvalue weighted by atomic mass is 19.1. The zero-order chi connectivity index (χ0) is 26.9. The second-order valence-corrected chi connectivity index (χ2v) is 10.4. The number of aromatic nitrogens is 2. The average molecular weight is 523 g/mol. The molecule has 2 aromatic carbocycles. The molecule has 0 amide bonds. The SMILES string of the molecule is N#CCC1(n2cc(C(N)O)c(NCC3CC3)n2)CCN(Cc2cc(O)c(-c3ccccc3)cc2F)CC1F. The van der Waals surface area contributed by atoms with Crippen molar-refractivity contribution in [2.24, 2.45) is 11.7 Å². The molecule has 3 aromatic rings. The summed E-state index contributed by atoms with van der Waals surface area (Å²) >= 11 is 0. The fourth-order valence-corrected chi connectivity index (χ4v) is 5.16. The van der Waals surface area contributed by atoms with Crippen LogP contribution in [0, 0.1) is 23.1 Å². The number of benzene rings is 2. The first kappa shape index (κ1) is 26.1. The molecule has 0 bridgehead atoms. The molecule has 2 fully saturated rings. The van der Waals surface area contributed by atoms with Gasteiger partial charge in [0.1, 0.15) is 29.5 Å². The van der Waals surface area contributed by atoms with Crippen LogP contribution in [0.2, 0.25) is 0 Å². The Balaban J connectivity index is 1.34. The number of nitriles is 1. The quantitative estimate of drug-likeness (QED) is 0.313. The van der Waals surface area contributed by atoms with Gasteiger partial charge in [-0.2, -0.15) is 10.4 Å². The van der Waals surface area contributed by atoms with E-state index in [-0.39, 0.29) is 37.2 Å². The van der Waals surface area contributed by atoms with Crippen molar-refractivity contribution in [3.8, 4) is 22.9 Å². The monoisotopic (exact) mass is 522 g/mol. The topological polar surface area (TPSA) is 123 Å². The van der Waals surface area contributed by atoms with Gasteiger partial charge in [-0.25, -0.2) is 8.78 Å². The number of phenols is 1. The Kier molecular flexibility index (Phi) is 7.34. The molecule has 3 unspecified atom stereocenters. The number of halogens is 2. The number of nitrogens with one attached hydrogen (secondary N) is 1. The van der Waals surface area contributed by atoms with Gasteiger partial charge in [-0.15, -0.1) is 0 Å². The lowest BCUT2D eigenvalue weighted by Gasteiger charge is -2.43. The molecule has 8 nitrogen and oxygen atoms in total. The minimum absolute atomic E-state index is 0.0455. The summed E-state index contributed by atoms with van der Waals surface area (Å²) in [5.41, 5.74) is 6.22. The van der Waals surface area contributed by atoms with Gasteiger partial charge < -0.3 is 21.3 Å². The van der Waals surface area contributed by atoms with Gasteiger partial charge in [-0.3, -0.25) is 9.58 Å². The highest BCUT2D eigenvalue weighted by molar-refractivity contribution is 5.70. The number of aliphatic hydroxyl groups excluding tert-OH is 1. The number of aliphatic hydroxyl groups is 1. The molecule has 0 radical (unpaired) electrons. The summed E-state index contributed by atoms with van der Waals surface area (Å²) < 4.78 is 32.4. The largest absolute Gasteiger partial charge is 0.507 e. The molecule has 1 aliphatic heterocycles. The first-order valence-corrected chi connectivity index (χ1v) is 12.9. The van der Waals surface area contributed by atoms with Crippen LogP contribution in [0.25, 0.3) is 11.1 Å². The number of hydrogen-bond acceptors (Lipinski definition) is 7. The van der Waals surface area contributed by atoms with Gasteiger partial charge in [-0.1, -0.05) is 30.3 Å². The number of hydrogen-bond donors (Lipinski definition) is 4. The molecular weight excluding hydrogens is 490 g/mol. The van der Waals surface area contributed by atoms with Crippen LogP contribution in [0.3, 0.4) is 0 Å². The van der Waals surface area contributed by atoms with E-state index in [0.717, 1.165) is 12.8 Å². The van der Waals surface area contributed by atoms with Crippen molar-refractivity contribution in [3.63, 3.8) is 0 Å². The molecule has 0 spiro atoms. The first-order chi connectivity index (χ1) is 18.3. The normalized spacial score (nSPS) is 22.7. The molecule has 1 aromatic heterocycles. The third-order valence-corrected chi connectivity index (χ3v) is 7.66. The van der Waals surface area contributed by atoms with Crippen LogP contribution < -0.4 is 11.1 Å². The van der Waals surface area contributed by atoms with Crippen molar-refractivity contribution < 1.29 is 19.0 Å². The Labute approximate surface area is 220 Å². The Bertz CT molecular complexity index is 1320. The van der Waals surface area contributed by atoms with Crippen LogP contribution in [0.5, 0.6) is 5.75 Å². The third kappa shape index (κ3) is 5.23. The summed E-state index contributed by atoms with van der Waals surface area (Å²) in [6.07, 6.45) is 1.13. The van der Waals surface area contributed by atoms with E-state index in [1.165, 1.54) is 23.0 Å². The highest BCUT2D eigenvalue weighted by Crippen LogP contribution is 2.39. The van der Waals surface area contributed by atoms with Gasteiger partial charge in [0, 0.05) is 43.5 Å². The van der Waals surface area contributed by atoms with Crippen molar-refractivity contribution in [1.82, 2.24) is 14.7 Å². The maximum atomic E-state index is 15.9. The van der Waals surface area contributed by atoms with Gasteiger partial charge in [0.15, 0.2) is 5.82 Å². The number of aromatic hydroxyl groups is 1. The number of nitrogens with two attached hydrogens (primary N) is 1. The van der Waals surface area contributed by atoms with Gasteiger partial charge in [0.25, 0.3) is 0 Å². The Morgan fingerprint density at radius 1 is 1.26 bits per heavy atom. The van der Waals surface area contributed by atoms with Gasteiger partial charge >= 0.3 is 0 Å². The standard InChI is InChI=1S/C28H32F2N6O2/c29-23-13-21(19-4-2-1-3-5-19)24(37)12-20(23)15-35-11-9-28(8-10-31,25(30)17-35)36-16-22(26(32)38)27(34-36)33-14-18-6-7-18/h1-5,12-13,16,18,25-26,37-38H,6-9,11,14-15,17,32H2,(H,33,34). The zero-order valence-electron chi connectivity index (χ0n) is 21.0. The zero-order valence-corrected chi connectivity index (χ0v) is 21.0. The summed E-state index contributed by atoms with van der Waals surface area (Å²) in [5, 5.41) is 38.0. The molecule has 1 saturated carbocycles. The summed E-state index contributed by atoms with van der Waals surface area (Å²) in [6, 6.07) is 13.8. The smallest absolute Gasteiger partial charge is 0.155 e. The second kappa shape index (κ2) is 10.7. The van der Waals surface area contributed by atoms with Crippen LogP contribution in [0.1, 0.15) is 43.0 Å². The Morgan fingerprint density at radius 2 is 2.03 bits per heavy atom. The molecule has 5 rings (SSSR count). The lowest BCUT2D eigenvalue weighted by Crippen LogP contribution is -2.54. The van der Waals surface area contributed by atoms with Crippen molar-refractivity contribution in [2.75, 3.05) is 25.0 Å². The summed E-state index contributed by atoms with van der Waals surface area (Å²) in [4.78, 5) is 1.77. The van der Waals surface area contributed by atoms with Gasteiger partial charge in [-0.05, 0) is 42.9 Å². The van der Waals surface area contributed by atoms with Crippen LogP contribution in [-0.4, -0.2) is 50.7 Å². The summed E-state index contributed by atoms with van der Waals surface area (Å²) in [5.74, 6) is 0.423. The molecular formula is C28H32F2N6O2. The van der Waals surface area contributed by atoms with E-state index in [1.807, 2.05) is 18.2 Å². The summed E-state index contributed by atoms with van der Waals surface area (Å²) in [7, 11) is 0. The molecule has 1 saturated heterocycles. The predicted octanol–water partition coefficient (Wildman–Crippen LogP) is 4.02. The number of anilines is 1. The molecule has 5 N–H and O–H groups in total. The highest BCUT2D eigenvalue weighted by Gasteiger charge is 2.46. The summed E-state index contributed by atoms with van der Waals surface area (Å²) in [6.45, 7) is 1.13. The third-order valence-electron chi connectivity index (χ3n) is 7.66. The fourth-order valence-electron chi connectivity index (χ4n) is 5.16. The van der Waals surface area contributed by atoms with Crippen molar-refractivity contribution in [3.05, 3.63) is 65.6 Å². The second-order valence-electron chi connectivity index (χ2n) is 10.4. The van der Waals surface area contributed by atoms with E-state index in [4.69, 9.17) is 5.73 Å². The first-order valence-electron chi connectivity index (χ1n) is 12.9. The maximum Gasteiger partial charge on any atom is 0.155 e. The Hall–Kier alpha value is -3.52. The molecule has 2 heterocycles. The predicted molar refractivity (Wildman–Crippen MR) is 139 cm³/mol. The number of nitrogens with zero attached hydrogens (tertiary/aromatic N) is 4. The van der Waals surface area contributed by atoms with Crippen molar-refractivity contribution >= 4 is 5.82 Å². The lowest BCUT2D eigenvalue weighted by molar-refractivity contribution is 0.00644. The van der Waals surface area contributed by atoms with Crippen molar-refractivity contribution in [2.45, 2.75) is 50.2 Å². The van der Waals surface area contributed by atoms with E-state index >= 15 is 8.78 Å². The minimum atomic E-state index is -1.49. The fraction of sp³-hybridized carbons (Fsp3) is 0.429. The van der Waals surface area contributed by atoms with E-state index < -0.39 is 23.8 Å². The maximum absolute atomic E-state index is 15.9. The molecule has 38 heavy (non-hydrogen) atoms. The lowest BCUT2D eigenvalue weighted by atomic mass is 9.83. The van der Waals surface area contributed by atoms with Crippen molar-refractivity contribution in [1.29, 1.82) is 5.26 Å². The number of piperidine rings is 1. The van der Waals surface area contributed by atoms with Crippen LogP contribution >= 0.6 is 0 Å². The molecule has 10 heteroatoms. The number of phenolic OH excluding ortho intramolecular Hbond substituents is 1. The molecule has 200 valence electrons. The van der Waals surface area contributed by atoms with E-state index in [2.05, 4.69) is 16.5 Å². The number of alkyl halides is 1. The van der Waals surface area contributed by atoms with Crippen LogP contribution in [-0.2, 0) is 12.1 Å². The molecule has 1 aliphatic carbocycles. The number of rotatable bonds is 9. The number of likely N-dealkylation sites (tertiary alicyclic amines) is 1. The van der Waals surface area contributed by atoms with Gasteiger partial charge in [0.2, 0.25) is 0 Å². The van der Waals surface area contributed by atoms with E-state index in [9.17, 15) is 15.5 Å². The molecule has 2 aliphatic rings. The van der Waals surface area contributed by atoms with Crippen LogP contribution in [0.15, 0.2) is 48.7 Å².